The van der Waals surface area contributed by atoms with Crippen LogP contribution in [-0.4, -0.2) is 110 Å². The molecular formula is C18H26N2O12. The lowest BCUT2D eigenvalue weighted by Crippen LogP contribution is -2.67. The predicted octanol–water partition coefficient (Wildman–Crippen LogP) is -3.44. The van der Waals surface area contributed by atoms with Crippen LogP contribution < -0.4 is 10.5 Å². The van der Waals surface area contributed by atoms with E-state index in [1.807, 2.05) is 0 Å². The van der Waals surface area contributed by atoms with Crippen LogP contribution in [0.25, 0.3) is 0 Å². The number of rotatable bonds is 7. The van der Waals surface area contributed by atoms with Gasteiger partial charge in [0.2, 0.25) is 6.29 Å². The average molecular weight is 462 g/mol. The standard InChI is InChI=1S/C18H26N2O12/c19-11-16(32-18-15(26)14(25)12(23)9(5-21)31-18)13(24)10(6-22)30-17(11)29-8-3-1-7(2-4-8)20(27)28/h1-4,9-18,21-26H,5-6,19H2/t9?,10?,11-,12-,13-,14-,15-,16+,17?,18?/m0/s1. The van der Waals surface area contributed by atoms with E-state index in [-0.39, 0.29) is 11.4 Å². The smallest absolute Gasteiger partial charge is 0.269 e. The Balaban J connectivity index is 1.76. The molecule has 14 heteroatoms. The van der Waals surface area contributed by atoms with Gasteiger partial charge in [0.1, 0.15) is 48.5 Å². The normalized spacial score (nSPS) is 40.1. The van der Waals surface area contributed by atoms with Crippen molar-refractivity contribution < 1.29 is 54.5 Å². The number of hydrogen-bond donors (Lipinski definition) is 7. The summed E-state index contributed by atoms with van der Waals surface area (Å²) in [4.78, 5) is 10.2. The number of nitro benzene ring substituents is 1. The lowest BCUT2D eigenvalue weighted by molar-refractivity contribution is -0.384. The third-order valence-corrected chi connectivity index (χ3v) is 5.34. The second-order valence-electron chi connectivity index (χ2n) is 7.46. The van der Waals surface area contributed by atoms with E-state index in [1.54, 1.807) is 0 Å². The molecular weight excluding hydrogens is 436 g/mol. The van der Waals surface area contributed by atoms with Crippen LogP contribution in [0.1, 0.15) is 0 Å². The summed E-state index contributed by atoms with van der Waals surface area (Å²) >= 11 is 0. The van der Waals surface area contributed by atoms with E-state index in [4.69, 9.17) is 24.7 Å². The Labute approximate surface area is 181 Å². The molecule has 0 radical (unpaired) electrons. The van der Waals surface area contributed by atoms with Gasteiger partial charge in [0.25, 0.3) is 5.69 Å². The second-order valence-corrected chi connectivity index (χ2v) is 7.46. The van der Waals surface area contributed by atoms with Gasteiger partial charge < -0.3 is 55.3 Å². The molecule has 10 atom stereocenters. The maximum atomic E-state index is 10.8. The monoisotopic (exact) mass is 462 g/mol. The van der Waals surface area contributed by atoms with E-state index in [0.717, 1.165) is 0 Å². The van der Waals surface area contributed by atoms with Crippen molar-refractivity contribution in [2.45, 2.75) is 61.3 Å². The van der Waals surface area contributed by atoms with E-state index in [2.05, 4.69) is 0 Å². The Morgan fingerprint density at radius 2 is 1.47 bits per heavy atom. The quantitative estimate of drug-likeness (QED) is 0.155. The highest BCUT2D eigenvalue weighted by atomic mass is 16.7. The van der Waals surface area contributed by atoms with Crippen LogP contribution in [0.15, 0.2) is 24.3 Å². The number of aliphatic hydroxyl groups is 6. The zero-order valence-corrected chi connectivity index (χ0v) is 16.7. The van der Waals surface area contributed by atoms with E-state index >= 15 is 0 Å². The van der Waals surface area contributed by atoms with Gasteiger partial charge in [-0.2, -0.15) is 0 Å². The molecule has 2 aliphatic heterocycles. The highest BCUT2D eigenvalue weighted by Crippen LogP contribution is 2.30. The van der Waals surface area contributed by atoms with Crippen LogP contribution in [0.2, 0.25) is 0 Å². The number of aliphatic hydroxyl groups excluding tert-OH is 6. The highest BCUT2D eigenvalue weighted by Gasteiger charge is 2.50. The minimum absolute atomic E-state index is 0.149. The topological polar surface area (TPSA) is 227 Å². The molecule has 0 saturated carbocycles. The first-order valence-corrected chi connectivity index (χ1v) is 9.75. The van der Waals surface area contributed by atoms with Gasteiger partial charge in [0, 0.05) is 12.1 Å². The van der Waals surface area contributed by atoms with Gasteiger partial charge in [-0.25, -0.2) is 0 Å². The van der Waals surface area contributed by atoms with Gasteiger partial charge in [-0.05, 0) is 12.1 Å². The number of benzene rings is 1. The molecule has 4 unspecified atom stereocenters. The molecule has 1 aromatic carbocycles. The van der Waals surface area contributed by atoms with Gasteiger partial charge in [-0.3, -0.25) is 10.1 Å². The highest BCUT2D eigenvalue weighted by molar-refractivity contribution is 5.36. The first kappa shape index (κ1) is 24.7. The fourth-order valence-electron chi connectivity index (χ4n) is 3.48. The lowest BCUT2D eigenvalue weighted by atomic mass is 9.96. The van der Waals surface area contributed by atoms with Crippen LogP contribution in [0.3, 0.4) is 0 Å². The molecule has 2 saturated heterocycles. The number of nitrogens with zero attached hydrogens (tertiary/aromatic N) is 1. The summed E-state index contributed by atoms with van der Waals surface area (Å²) in [5, 5.41) is 70.2. The van der Waals surface area contributed by atoms with E-state index in [0.29, 0.717) is 0 Å². The Bertz CT molecular complexity index is 765. The molecule has 2 aliphatic rings. The van der Waals surface area contributed by atoms with Crippen LogP contribution in [-0.2, 0) is 14.2 Å². The SMILES string of the molecule is N[C@@H]1C(Oc2ccc([N+](=O)[O-])cc2)OC(CO)[C@H](O)[C@@H]1OC1OC(CO)[C@H](O)[C@H](O)[C@@H]1O. The number of hydrogen-bond acceptors (Lipinski definition) is 13. The Morgan fingerprint density at radius 1 is 0.906 bits per heavy atom. The fraction of sp³-hybridized carbons (Fsp3) is 0.667. The van der Waals surface area contributed by atoms with Crippen LogP contribution in [0, 0.1) is 10.1 Å². The van der Waals surface area contributed by atoms with E-state index in [1.165, 1.54) is 24.3 Å². The van der Waals surface area contributed by atoms with Crippen molar-refractivity contribution in [1.82, 2.24) is 0 Å². The van der Waals surface area contributed by atoms with Crippen LogP contribution in [0.5, 0.6) is 5.75 Å². The summed E-state index contributed by atoms with van der Waals surface area (Å²) in [5.74, 6) is 0.149. The summed E-state index contributed by atoms with van der Waals surface area (Å²) in [6, 6.07) is 3.80. The van der Waals surface area contributed by atoms with Crippen molar-refractivity contribution in [2.75, 3.05) is 13.2 Å². The van der Waals surface area contributed by atoms with Crippen LogP contribution >= 0.6 is 0 Å². The third kappa shape index (κ3) is 4.99. The molecule has 8 N–H and O–H groups in total. The van der Waals surface area contributed by atoms with Gasteiger partial charge >= 0.3 is 0 Å². The first-order chi connectivity index (χ1) is 15.2. The molecule has 1 aromatic rings. The molecule has 2 fully saturated rings. The van der Waals surface area contributed by atoms with Crippen molar-refractivity contribution in [3.63, 3.8) is 0 Å². The van der Waals surface area contributed by atoms with E-state index in [9.17, 15) is 40.8 Å². The summed E-state index contributed by atoms with van der Waals surface area (Å²) in [6.07, 6.45) is -13.2. The molecule has 0 spiro atoms. The molecule has 2 heterocycles. The van der Waals surface area contributed by atoms with Crippen molar-refractivity contribution in [2.24, 2.45) is 5.73 Å². The molecule has 180 valence electrons. The molecule has 0 bridgehead atoms. The van der Waals surface area contributed by atoms with Gasteiger partial charge in [0.05, 0.1) is 24.2 Å². The summed E-state index contributed by atoms with van der Waals surface area (Å²) in [6.45, 7) is -1.33. The zero-order chi connectivity index (χ0) is 23.6. The number of non-ortho nitro benzene ring substituents is 1. The number of ether oxygens (including phenoxy) is 4. The maximum absolute atomic E-state index is 10.8. The second kappa shape index (κ2) is 10.3. The van der Waals surface area contributed by atoms with Gasteiger partial charge in [0.15, 0.2) is 6.29 Å². The average Bonchev–Trinajstić information content (AvgIpc) is 2.78. The van der Waals surface area contributed by atoms with Gasteiger partial charge in [-0.15, -0.1) is 0 Å². The van der Waals surface area contributed by atoms with Crippen molar-refractivity contribution in [3.8, 4) is 5.75 Å². The minimum atomic E-state index is -1.74. The van der Waals surface area contributed by atoms with Crippen LogP contribution in [0.4, 0.5) is 5.69 Å². The molecule has 0 amide bonds. The largest absolute Gasteiger partial charge is 0.463 e. The Hall–Kier alpha value is -1.98. The van der Waals surface area contributed by atoms with Gasteiger partial charge in [-0.1, -0.05) is 0 Å². The molecule has 32 heavy (non-hydrogen) atoms. The molecule has 3 rings (SSSR count). The first-order valence-electron chi connectivity index (χ1n) is 9.75. The lowest BCUT2D eigenvalue weighted by Gasteiger charge is -2.46. The summed E-state index contributed by atoms with van der Waals surface area (Å²) < 4.78 is 21.9. The fourth-order valence-corrected chi connectivity index (χ4v) is 3.48. The van der Waals surface area contributed by atoms with E-state index < -0.39 is 79.5 Å². The number of nitrogens with two attached hydrogens (primary N) is 1. The zero-order valence-electron chi connectivity index (χ0n) is 16.7. The summed E-state index contributed by atoms with van der Waals surface area (Å²) in [7, 11) is 0. The molecule has 0 aliphatic carbocycles. The Kier molecular flexibility index (Phi) is 7.94. The predicted molar refractivity (Wildman–Crippen MR) is 102 cm³/mol. The maximum Gasteiger partial charge on any atom is 0.269 e. The molecule has 14 nitrogen and oxygen atoms in total. The van der Waals surface area contributed by atoms with Crippen molar-refractivity contribution >= 4 is 5.69 Å². The summed E-state index contributed by atoms with van der Waals surface area (Å²) in [5.41, 5.74) is 5.96. The number of nitro groups is 1. The Morgan fingerprint density at radius 3 is 2.03 bits per heavy atom. The molecule has 0 aromatic heterocycles. The third-order valence-electron chi connectivity index (χ3n) is 5.34. The van der Waals surface area contributed by atoms with Crippen molar-refractivity contribution in [3.05, 3.63) is 34.4 Å². The minimum Gasteiger partial charge on any atom is -0.463 e. The van der Waals surface area contributed by atoms with Crippen molar-refractivity contribution in [1.29, 1.82) is 0 Å².